The van der Waals surface area contributed by atoms with Crippen molar-refractivity contribution in [2.24, 2.45) is 0 Å². The van der Waals surface area contributed by atoms with Gasteiger partial charge in [0.1, 0.15) is 11.5 Å². The maximum absolute atomic E-state index is 5.42. The van der Waals surface area contributed by atoms with Crippen LogP contribution < -0.4 is 9.47 Å². The van der Waals surface area contributed by atoms with Crippen LogP contribution in [0.3, 0.4) is 0 Å². The Morgan fingerprint density at radius 2 is 1.63 bits per heavy atom. The molecule has 0 N–H and O–H groups in total. The van der Waals surface area contributed by atoms with Gasteiger partial charge in [0, 0.05) is 12.4 Å². The number of pyridine rings is 1. The van der Waals surface area contributed by atoms with Crippen molar-refractivity contribution in [1.82, 2.24) is 4.98 Å². The van der Waals surface area contributed by atoms with Crippen molar-refractivity contribution in [3.8, 4) is 11.5 Å². The fourth-order valence-electron chi connectivity index (χ4n) is 2.02. The third-order valence-electron chi connectivity index (χ3n) is 2.94. The predicted octanol–water partition coefficient (Wildman–Crippen LogP) is 3.78. The average molecular weight is 322 g/mol. The zero-order valence-electron chi connectivity index (χ0n) is 11.0. The first-order valence-electron chi connectivity index (χ1n) is 6.00. The van der Waals surface area contributed by atoms with Gasteiger partial charge >= 0.3 is 0 Å². The van der Waals surface area contributed by atoms with Crippen molar-refractivity contribution < 1.29 is 9.47 Å². The topological polar surface area (TPSA) is 31.4 Å². The maximum Gasteiger partial charge on any atom is 0.126 e. The molecule has 0 fully saturated rings. The molecule has 0 saturated heterocycles. The molecule has 0 aliphatic rings. The molecule has 1 heterocycles. The van der Waals surface area contributed by atoms with E-state index < -0.39 is 0 Å². The molecule has 1 unspecified atom stereocenters. The summed E-state index contributed by atoms with van der Waals surface area (Å²) in [4.78, 5) is 4.15. The molecule has 19 heavy (non-hydrogen) atoms. The summed E-state index contributed by atoms with van der Waals surface area (Å²) in [6, 6.07) is 9.83. The normalized spacial score (nSPS) is 11.9. The highest BCUT2D eigenvalue weighted by Crippen LogP contribution is 2.40. The van der Waals surface area contributed by atoms with Crippen LogP contribution in [0.5, 0.6) is 11.5 Å². The number of ether oxygens (including phenoxy) is 2. The molecule has 0 spiro atoms. The van der Waals surface area contributed by atoms with Crippen LogP contribution in [-0.2, 0) is 6.42 Å². The zero-order chi connectivity index (χ0) is 13.7. The van der Waals surface area contributed by atoms with Crippen molar-refractivity contribution in [3.05, 3.63) is 53.9 Å². The summed E-state index contributed by atoms with van der Waals surface area (Å²) in [6.45, 7) is 0. The number of benzene rings is 1. The summed E-state index contributed by atoms with van der Waals surface area (Å²) >= 11 is 3.73. The van der Waals surface area contributed by atoms with E-state index in [0.717, 1.165) is 23.5 Å². The Bertz CT molecular complexity index is 509. The van der Waals surface area contributed by atoms with Gasteiger partial charge in [0.25, 0.3) is 0 Å². The average Bonchev–Trinajstić information content (AvgIpc) is 2.47. The van der Waals surface area contributed by atoms with Crippen LogP contribution >= 0.6 is 15.9 Å². The second-order valence-electron chi connectivity index (χ2n) is 4.10. The minimum atomic E-state index is 0.126. The second-order valence-corrected chi connectivity index (χ2v) is 5.21. The minimum absolute atomic E-state index is 0.126. The van der Waals surface area contributed by atoms with Gasteiger partial charge in [0.2, 0.25) is 0 Å². The second kappa shape index (κ2) is 6.57. The van der Waals surface area contributed by atoms with E-state index in [1.807, 2.05) is 30.3 Å². The first kappa shape index (κ1) is 13.9. The van der Waals surface area contributed by atoms with E-state index in [2.05, 4.69) is 20.9 Å². The van der Waals surface area contributed by atoms with Crippen molar-refractivity contribution in [3.63, 3.8) is 0 Å². The van der Waals surface area contributed by atoms with Crippen LogP contribution in [0.15, 0.2) is 42.7 Å². The van der Waals surface area contributed by atoms with Crippen LogP contribution in [0, 0.1) is 0 Å². The van der Waals surface area contributed by atoms with Gasteiger partial charge in [-0.1, -0.05) is 22.0 Å². The zero-order valence-corrected chi connectivity index (χ0v) is 12.6. The lowest BCUT2D eigenvalue weighted by atomic mass is 10.0. The highest BCUT2D eigenvalue weighted by molar-refractivity contribution is 9.09. The van der Waals surface area contributed by atoms with Crippen LogP contribution in [0.1, 0.15) is 16.0 Å². The number of hydrogen-bond acceptors (Lipinski definition) is 3. The summed E-state index contributed by atoms with van der Waals surface area (Å²) in [5.74, 6) is 1.66. The van der Waals surface area contributed by atoms with Crippen LogP contribution in [-0.4, -0.2) is 19.2 Å². The maximum atomic E-state index is 5.42. The van der Waals surface area contributed by atoms with Gasteiger partial charge in [0.15, 0.2) is 0 Å². The Balaban J connectivity index is 2.30. The molecule has 100 valence electrons. The van der Waals surface area contributed by atoms with E-state index in [1.54, 1.807) is 26.6 Å². The molecule has 1 aromatic heterocycles. The molecule has 2 aromatic rings. The summed E-state index contributed by atoms with van der Waals surface area (Å²) < 4.78 is 10.8. The van der Waals surface area contributed by atoms with Gasteiger partial charge in [-0.15, -0.1) is 0 Å². The van der Waals surface area contributed by atoms with Gasteiger partial charge in [-0.05, 0) is 36.2 Å². The van der Waals surface area contributed by atoms with Crippen molar-refractivity contribution in [2.75, 3.05) is 14.2 Å². The molecule has 2 rings (SSSR count). The third-order valence-corrected chi connectivity index (χ3v) is 3.73. The molecule has 0 aliphatic carbocycles. The fraction of sp³-hybridized carbons (Fsp3) is 0.267. The molecule has 1 atom stereocenters. The first-order valence-corrected chi connectivity index (χ1v) is 6.91. The van der Waals surface area contributed by atoms with Gasteiger partial charge in [-0.3, -0.25) is 4.98 Å². The number of alkyl halides is 1. The Kier molecular flexibility index (Phi) is 4.80. The van der Waals surface area contributed by atoms with E-state index in [-0.39, 0.29) is 4.83 Å². The Labute approximate surface area is 121 Å². The van der Waals surface area contributed by atoms with Gasteiger partial charge < -0.3 is 9.47 Å². The molecule has 0 bridgehead atoms. The van der Waals surface area contributed by atoms with Crippen molar-refractivity contribution in [1.29, 1.82) is 0 Å². The Morgan fingerprint density at radius 3 is 2.16 bits per heavy atom. The quantitative estimate of drug-likeness (QED) is 0.785. The van der Waals surface area contributed by atoms with Gasteiger partial charge in [-0.2, -0.15) is 0 Å². The number of hydrogen-bond donors (Lipinski definition) is 0. The largest absolute Gasteiger partial charge is 0.496 e. The molecule has 1 aromatic carbocycles. The van der Waals surface area contributed by atoms with E-state index in [1.165, 1.54) is 5.56 Å². The van der Waals surface area contributed by atoms with E-state index in [4.69, 9.17) is 9.47 Å². The van der Waals surface area contributed by atoms with Crippen LogP contribution in [0.4, 0.5) is 0 Å². The standard InChI is InChI=1S/C15H16BrNO2/c1-18-13-4-3-5-14(19-2)15(13)12(16)10-11-6-8-17-9-7-11/h3-9,12H,10H2,1-2H3. The van der Waals surface area contributed by atoms with Gasteiger partial charge in [-0.25, -0.2) is 0 Å². The van der Waals surface area contributed by atoms with E-state index >= 15 is 0 Å². The number of halogens is 1. The van der Waals surface area contributed by atoms with E-state index in [0.29, 0.717) is 0 Å². The summed E-state index contributed by atoms with van der Waals surface area (Å²) in [6.07, 6.45) is 4.45. The molecular formula is C15H16BrNO2. The SMILES string of the molecule is COc1cccc(OC)c1C(Br)Cc1ccncc1. The summed E-state index contributed by atoms with van der Waals surface area (Å²) in [5.41, 5.74) is 2.24. The number of methoxy groups -OCH3 is 2. The predicted molar refractivity (Wildman–Crippen MR) is 79.2 cm³/mol. The first-order chi connectivity index (χ1) is 9.26. The number of rotatable bonds is 5. The molecule has 3 nitrogen and oxygen atoms in total. The molecular weight excluding hydrogens is 306 g/mol. The summed E-state index contributed by atoms with van der Waals surface area (Å²) in [7, 11) is 3.34. The van der Waals surface area contributed by atoms with Crippen LogP contribution in [0.2, 0.25) is 0 Å². The molecule has 0 saturated carbocycles. The lowest BCUT2D eigenvalue weighted by molar-refractivity contribution is 0.385. The molecule has 0 radical (unpaired) electrons. The smallest absolute Gasteiger partial charge is 0.126 e. The Morgan fingerprint density at radius 1 is 1.05 bits per heavy atom. The molecule has 0 aliphatic heterocycles. The number of nitrogens with zero attached hydrogens (tertiary/aromatic N) is 1. The summed E-state index contributed by atoms with van der Waals surface area (Å²) in [5, 5.41) is 0. The molecule has 4 heteroatoms. The number of aromatic nitrogens is 1. The Hall–Kier alpha value is -1.55. The van der Waals surface area contributed by atoms with Crippen LogP contribution in [0.25, 0.3) is 0 Å². The van der Waals surface area contributed by atoms with Crippen molar-refractivity contribution in [2.45, 2.75) is 11.2 Å². The lowest BCUT2D eigenvalue weighted by Gasteiger charge is -2.17. The minimum Gasteiger partial charge on any atom is -0.496 e. The van der Waals surface area contributed by atoms with Gasteiger partial charge in [0.05, 0.1) is 24.6 Å². The molecule has 0 amide bonds. The monoisotopic (exact) mass is 321 g/mol. The third kappa shape index (κ3) is 3.26. The van der Waals surface area contributed by atoms with Crippen molar-refractivity contribution >= 4 is 15.9 Å². The highest BCUT2D eigenvalue weighted by Gasteiger charge is 2.18. The lowest BCUT2D eigenvalue weighted by Crippen LogP contribution is -2.02. The van der Waals surface area contributed by atoms with E-state index in [9.17, 15) is 0 Å². The highest BCUT2D eigenvalue weighted by atomic mass is 79.9. The fourth-order valence-corrected chi connectivity index (χ4v) is 2.84.